The molecule has 218 valence electrons. The highest BCUT2D eigenvalue weighted by atomic mass is 32.2. The third-order valence-electron chi connectivity index (χ3n) is 11.0. The van der Waals surface area contributed by atoms with Crippen molar-refractivity contribution in [3.05, 3.63) is 0 Å². The number of likely N-dealkylation sites (tertiary alicyclic amines) is 2. The topological polar surface area (TPSA) is 16.2 Å². The Morgan fingerprint density at radius 1 is 0.622 bits per heavy atom. The molecule has 4 heterocycles. The Morgan fingerprint density at radius 2 is 1.05 bits per heavy atom. The van der Waals surface area contributed by atoms with Crippen molar-refractivity contribution in [3.8, 4) is 0 Å². The molecule has 4 aliphatic rings. The fraction of sp³-hybridized carbons (Fsp3) is 1.00. The molecule has 0 N–H and O–H groups in total. The van der Waals surface area contributed by atoms with Gasteiger partial charge in [0.2, 0.25) is 0 Å². The number of hydrogen-bond donors (Lipinski definition) is 1. The second kappa shape index (κ2) is 11.6. The van der Waals surface area contributed by atoms with Crippen LogP contribution in [0.3, 0.4) is 0 Å². The van der Waals surface area contributed by atoms with E-state index < -0.39 is 0 Å². The summed E-state index contributed by atoms with van der Waals surface area (Å²) in [6.45, 7) is 31.5. The second-order valence-corrected chi connectivity index (χ2v) is 17.9. The van der Waals surface area contributed by atoms with E-state index in [4.69, 9.17) is 0 Å². The summed E-state index contributed by atoms with van der Waals surface area (Å²) in [6, 6.07) is 0. The molecule has 0 saturated carbocycles. The molecule has 0 atom stereocenters. The van der Waals surface area contributed by atoms with Crippen LogP contribution in [0.4, 0.5) is 0 Å². The summed E-state index contributed by atoms with van der Waals surface area (Å²) in [5.41, 5.74) is 1.56. The standard InChI is InChI=1S/C31H63N5S/c1-28(2,3)33-16-12-31(13-17-33)14-18-34(19-15-31)29(4,5)10-11-30(6,7)35-22-20-32(21-23-35)24-27-25-36(26-27)37(8)9/h27,37H,10-26H2,1-9H3. The van der Waals surface area contributed by atoms with E-state index in [1.807, 2.05) is 0 Å². The van der Waals surface area contributed by atoms with Crippen molar-refractivity contribution < 1.29 is 0 Å². The van der Waals surface area contributed by atoms with Crippen molar-refractivity contribution in [2.45, 2.75) is 104 Å². The quantitative estimate of drug-likeness (QED) is 0.436. The van der Waals surface area contributed by atoms with E-state index in [0.717, 1.165) is 5.92 Å². The Labute approximate surface area is 234 Å². The zero-order chi connectivity index (χ0) is 27.1. The first-order valence-corrected chi connectivity index (χ1v) is 17.8. The maximum atomic E-state index is 2.85. The highest BCUT2D eigenvalue weighted by Crippen LogP contribution is 2.44. The monoisotopic (exact) mass is 537 g/mol. The third-order valence-corrected chi connectivity index (χ3v) is 12.5. The molecule has 6 heteroatoms. The van der Waals surface area contributed by atoms with Crippen molar-refractivity contribution in [3.63, 3.8) is 0 Å². The molecule has 37 heavy (non-hydrogen) atoms. The molecule has 0 radical (unpaired) electrons. The average molecular weight is 538 g/mol. The van der Waals surface area contributed by atoms with Crippen LogP contribution in [0.2, 0.25) is 0 Å². The second-order valence-electron chi connectivity index (χ2n) is 15.6. The number of hydrogen-bond acceptors (Lipinski definition) is 5. The summed E-state index contributed by atoms with van der Waals surface area (Å²) in [6.07, 6.45) is 13.0. The average Bonchev–Trinajstić information content (AvgIpc) is 2.80. The maximum absolute atomic E-state index is 2.85. The minimum atomic E-state index is 0.124. The van der Waals surface area contributed by atoms with E-state index in [9.17, 15) is 0 Å². The van der Waals surface area contributed by atoms with Gasteiger partial charge in [0, 0.05) is 62.4 Å². The first kappa shape index (κ1) is 30.1. The number of nitrogens with zero attached hydrogens (tertiary/aromatic N) is 5. The van der Waals surface area contributed by atoms with Crippen molar-refractivity contribution in [1.82, 2.24) is 23.9 Å². The molecular weight excluding hydrogens is 474 g/mol. The van der Waals surface area contributed by atoms with Crippen molar-refractivity contribution in [2.75, 3.05) is 84.5 Å². The van der Waals surface area contributed by atoms with Crippen LogP contribution in [0.15, 0.2) is 0 Å². The van der Waals surface area contributed by atoms with Gasteiger partial charge in [0.25, 0.3) is 0 Å². The number of piperazine rings is 1. The van der Waals surface area contributed by atoms with Gasteiger partial charge in [0.1, 0.15) is 0 Å². The van der Waals surface area contributed by atoms with E-state index >= 15 is 0 Å². The minimum absolute atomic E-state index is 0.124. The van der Waals surface area contributed by atoms with E-state index in [1.54, 1.807) is 0 Å². The summed E-state index contributed by atoms with van der Waals surface area (Å²) < 4.78 is 2.68. The molecular formula is C31H63N5S. The van der Waals surface area contributed by atoms with Crippen molar-refractivity contribution in [2.24, 2.45) is 11.3 Å². The number of thiol groups is 1. The minimum Gasteiger partial charge on any atom is -0.300 e. The Morgan fingerprint density at radius 3 is 1.49 bits per heavy atom. The molecule has 0 aromatic heterocycles. The van der Waals surface area contributed by atoms with E-state index in [2.05, 4.69) is 84.9 Å². The fourth-order valence-electron chi connectivity index (χ4n) is 7.55. The molecule has 4 aliphatic heterocycles. The molecule has 0 bridgehead atoms. The molecule has 4 fully saturated rings. The molecule has 4 rings (SSSR count). The molecule has 0 unspecified atom stereocenters. The van der Waals surface area contributed by atoms with Gasteiger partial charge in [-0.3, -0.25) is 19.0 Å². The third kappa shape index (κ3) is 7.47. The van der Waals surface area contributed by atoms with Gasteiger partial charge >= 0.3 is 0 Å². The number of piperidine rings is 2. The van der Waals surface area contributed by atoms with Crippen LogP contribution in [0.25, 0.3) is 0 Å². The summed E-state index contributed by atoms with van der Waals surface area (Å²) in [5, 5.41) is 0. The highest BCUT2D eigenvalue weighted by Gasteiger charge is 2.42. The lowest BCUT2D eigenvalue weighted by molar-refractivity contribution is -0.0272. The van der Waals surface area contributed by atoms with Gasteiger partial charge in [-0.25, -0.2) is 11.1 Å². The van der Waals surface area contributed by atoms with E-state index in [0.29, 0.717) is 22.0 Å². The van der Waals surface area contributed by atoms with Gasteiger partial charge in [-0.05, 0) is 137 Å². The fourth-order valence-corrected chi connectivity index (χ4v) is 8.67. The Hall–Kier alpha value is 0.150. The molecule has 5 nitrogen and oxygen atoms in total. The Bertz CT molecular complexity index is 712. The van der Waals surface area contributed by atoms with E-state index in [1.165, 1.54) is 111 Å². The Kier molecular flexibility index (Phi) is 9.41. The van der Waals surface area contributed by atoms with Crippen LogP contribution in [0.5, 0.6) is 0 Å². The van der Waals surface area contributed by atoms with Gasteiger partial charge in [-0.15, -0.1) is 0 Å². The summed E-state index contributed by atoms with van der Waals surface area (Å²) in [5.74, 6) is 0.917. The molecule has 0 amide bonds. The zero-order valence-corrected chi connectivity index (χ0v) is 27.2. The van der Waals surface area contributed by atoms with Crippen LogP contribution in [0, 0.1) is 11.3 Å². The first-order valence-electron chi connectivity index (χ1n) is 15.6. The van der Waals surface area contributed by atoms with Crippen LogP contribution < -0.4 is 0 Å². The SMILES string of the molecule is C[SH](C)N1CC(CN2CCN(C(C)(C)CCC(C)(C)N3CCC4(CCN(C(C)(C)C)CC4)CC3)CC2)C1. The molecule has 1 spiro atoms. The summed E-state index contributed by atoms with van der Waals surface area (Å²) >= 11 is 0.124. The smallest absolute Gasteiger partial charge is 0.0155 e. The van der Waals surface area contributed by atoms with Crippen LogP contribution in [0.1, 0.15) is 87.0 Å². The van der Waals surface area contributed by atoms with Gasteiger partial charge < -0.3 is 4.90 Å². The first-order chi connectivity index (χ1) is 17.2. The van der Waals surface area contributed by atoms with Gasteiger partial charge in [0.15, 0.2) is 0 Å². The van der Waals surface area contributed by atoms with Crippen LogP contribution in [-0.4, -0.2) is 125 Å². The lowest BCUT2D eigenvalue weighted by atomic mass is 9.70. The lowest BCUT2D eigenvalue weighted by Gasteiger charge is -2.53. The van der Waals surface area contributed by atoms with Crippen LogP contribution >= 0.6 is 11.1 Å². The molecule has 0 aromatic carbocycles. The van der Waals surface area contributed by atoms with Gasteiger partial charge in [-0.1, -0.05) is 0 Å². The molecule has 0 aromatic rings. The molecule has 4 saturated heterocycles. The predicted octanol–water partition coefficient (Wildman–Crippen LogP) is 5.03. The maximum Gasteiger partial charge on any atom is 0.0155 e. The summed E-state index contributed by atoms with van der Waals surface area (Å²) in [7, 11) is 0. The van der Waals surface area contributed by atoms with Crippen molar-refractivity contribution >= 4 is 11.1 Å². The zero-order valence-electron chi connectivity index (χ0n) is 26.3. The van der Waals surface area contributed by atoms with Gasteiger partial charge in [0.05, 0.1) is 0 Å². The van der Waals surface area contributed by atoms with Crippen molar-refractivity contribution in [1.29, 1.82) is 0 Å². The molecule has 0 aliphatic carbocycles. The van der Waals surface area contributed by atoms with Crippen LogP contribution in [-0.2, 0) is 0 Å². The largest absolute Gasteiger partial charge is 0.300 e. The summed E-state index contributed by atoms with van der Waals surface area (Å²) in [4.78, 5) is 11.1. The lowest BCUT2D eigenvalue weighted by Crippen LogP contribution is -2.58. The Balaban J connectivity index is 1.18. The van der Waals surface area contributed by atoms with E-state index in [-0.39, 0.29) is 11.1 Å². The normalized spacial score (nSPS) is 27.0. The highest BCUT2D eigenvalue weighted by molar-refractivity contribution is 8.13. The predicted molar refractivity (Wildman–Crippen MR) is 165 cm³/mol. The van der Waals surface area contributed by atoms with Gasteiger partial charge in [-0.2, -0.15) is 0 Å². The number of rotatable bonds is 8.